The van der Waals surface area contributed by atoms with Gasteiger partial charge in [0.2, 0.25) is 0 Å². The topological polar surface area (TPSA) is 38.7 Å². The Kier molecular flexibility index (Phi) is 4.07. The predicted molar refractivity (Wildman–Crippen MR) is 74.8 cm³/mol. The second-order valence-corrected chi connectivity index (χ2v) is 4.42. The quantitative estimate of drug-likeness (QED) is 0.915. The standard InChI is InChI=1S/C16H18O3/c1-11-5-4-6-12(9-11)16(17)14-8-7-13(18-2)10-15(14)19-3/h4-10,16-17H,1-3H3/t16-/m0/s1. The van der Waals surface area contributed by atoms with Crippen molar-refractivity contribution in [2.24, 2.45) is 0 Å². The highest BCUT2D eigenvalue weighted by Crippen LogP contribution is 2.33. The molecule has 1 atom stereocenters. The summed E-state index contributed by atoms with van der Waals surface area (Å²) in [4.78, 5) is 0. The molecule has 0 unspecified atom stereocenters. The summed E-state index contributed by atoms with van der Waals surface area (Å²) in [6.07, 6.45) is -0.708. The lowest BCUT2D eigenvalue weighted by Crippen LogP contribution is -2.03. The molecule has 0 saturated heterocycles. The number of hydrogen-bond donors (Lipinski definition) is 1. The van der Waals surface area contributed by atoms with E-state index in [-0.39, 0.29) is 0 Å². The number of hydrogen-bond acceptors (Lipinski definition) is 3. The number of methoxy groups -OCH3 is 2. The van der Waals surface area contributed by atoms with Crippen LogP contribution >= 0.6 is 0 Å². The lowest BCUT2D eigenvalue weighted by atomic mass is 9.99. The van der Waals surface area contributed by atoms with Crippen LogP contribution in [0.5, 0.6) is 11.5 Å². The van der Waals surface area contributed by atoms with Crippen LogP contribution in [0.25, 0.3) is 0 Å². The minimum atomic E-state index is -0.708. The van der Waals surface area contributed by atoms with E-state index in [0.29, 0.717) is 11.5 Å². The van der Waals surface area contributed by atoms with E-state index in [2.05, 4.69) is 0 Å². The van der Waals surface area contributed by atoms with E-state index >= 15 is 0 Å². The molecule has 0 saturated carbocycles. The summed E-state index contributed by atoms with van der Waals surface area (Å²) >= 11 is 0. The van der Waals surface area contributed by atoms with Crippen molar-refractivity contribution in [1.29, 1.82) is 0 Å². The first-order valence-electron chi connectivity index (χ1n) is 6.12. The molecule has 0 radical (unpaired) electrons. The van der Waals surface area contributed by atoms with Crippen molar-refractivity contribution in [3.63, 3.8) is 0 Å². The summed E-state index contributed by atoms with van der Waals surface area (Å²) < 4.78 is 10.5. The molecule has 0 amide bonds. The summed E-state index contributed by atoms with van der Waals surface area (Å²) in [6.45, 7) is 2.00. The van der Waals surface area contributed by atoms with Crippen LogP contribution in [0.2, 0.25) is 0 Å². The van der Waals surface area contributed by atoms with Crippen molar-refractivity contribution >= 4 is 0 Å². The number of ether oxygens (including phenoxy) is 2. The minimum Gasteiger partial charge on any atom is -0.497 e. The van der Waals surface area contributed by atoms with E-state index in [1.165, 1.54) is 0 Å². The first-order chi connectivity index (χ1) is 9.15. The molecule has 1 N–H and O–H groups in total. The maximum Gasteiger partial charge on any atom is 0.128 e. The molecule has 2 rings (SSSR count). The van der Waals surface area contributed by atoms with Gasteiger partial charge in [0.25, 0.3) is 0 Å². The zero-order chi connectivity index (χ0) is 13.8. The zero-order valence-corrected chi connectivity index (χ0v) is 11.4. The Morgan fingerprint density at radius 3 is 2.42 bits per heavy atom. The Morgan fingerprint density at radius 1 is 1.00 bits per heavy atom. The van der Waals surface area contributed by atoms with E-state index in [1.807, 2.05) is 43.3 Å². The molecule has 0 aliphatic heterocycles. The van der Waals surface area contributed by atoms with Crippen molar-refractivity contribution in [1.82, 2.24) is 0 Å². The molecule has 3 heteroatoms. The molecule has 0 aromatic heterocycles. The molecule has 0 aliphatic carbocycles. The highest BCUT2D eigenvalue weighted by Gasteiger charge is 2.16. The Hall–Kier alpha value is -2.00. The molecule has 0 heterocycles. The minimum absolute atomic E-state index is 0.619. The maximum atomic E-state index is 10.5. The van der Waals surface area contributed by atoms with Crippen LogP contribution in [0.4, 0.5) is 0 Å². The molecule has 0 spiro atoms. The Labute approximate surface area is 113 Å². The third-order valence-electron chi connectivity index (χ3n) is 3.09. The summed E-state index contributed by atoms with van der Waals surface area (Å²) in [5.74, 6) is 1.32. The van der Waals surface area contributed by atoms with Gasteiger partial charge in [-0.25, -0.2) is 0 Å². The van der Waals surface area contributed by atoms with Gasteiger partial charge in [-0.2, -0.15) is 0 Å². The third kappa shape index (κ3) is 2.88. The zero-order valence-electron chi connectivity index (χ0n) is 11.4. The van der Waals surface area contributed by atoms with Crippen LogP contribution in [-0.2, 0) is 0 Å². The SMILES string of the molecule is COc1ccc([C@@H](O)c2cccc(C)c2)c(OC)c1. The van der Waals surface area contributed by atoms with Crippen LogP contribution in [0.15, 0.2) is 42.5 Å². The van der Waals surface area contributed by atoms with Crippen molar-refractivity contribution in [2.45, 2.75) is 13.0 Å². The van der Waals surface area contributed by atoms with Crippen LogP contribution in [-0.4, -0.2) is 19.3 Å². The maximum absolute atomic E-state index is 10.5. The fourth-order valence-electron chi connectivity index (χ4n) is 2.06. The van der Waals surface area contributed by atoms with Crippen molar-refractivity contribution in [3.8, 4) is 11.5 Å². The fourth-order valence-corrected chi connectivity index (χ4v) is 2.06. The number of aryl methyl sites for hydroxylation is 1. The number of aliphatic hydroxyl groups is 1. The molecule has 0 bridgehead atoms. The molecule has 100 valence electrons. The van der Waals surface area contributed by atoms with Gasteiger partial charge in [0, 0.05) is 11.6 Å². The summed E-state index contributed by atoms with van der Waals surface area (Å²) in [5.41, 5.74) is 2.70. The third-order valence-corrected chi connectivity index (χ3v) is 3.09. The average molecular weight is 258 g/mol. The van der Waals surface area contributed by atoms with Gasteiger partial charge < -0.3 is 14.6 Å². The van der Waals surface area contributed by atoms with Gasteiger partial charge in [0.15, 0.2) is 0 Å². The average Bonchev–Trinajstić information content (AvgIpc) is 2.45. The monoisotopic (exact) mass is 258 g/mol. The molecule has 3 nitrogen and oxygen atoms in total. The molecular weight excluding hydrogens is 240 g/mol. The normalized spacial score (nSPS) is 12.0. The van der Waals surface area contributed by atoms with E-state index in [4.69, 9.17) is 9.47 Å². The van der Waals surface area contributed by atoms with Crippen LogP contribution in [0, 0.1) is 6.92 Å². The molecular formula is C16H18O3. The van der Waals surface area contributed by atoms with Gasteiger partial charge in [0.05, 0.1) is 14.2 Å². The molecule has 0 aliphatic rings. The van der Waals surface area contributed by atoms with Crippen LogP contribution in [0.3, 0.4) is 0 Å². The van der Waals surface area contributed by atoms with E-state index in [0.717, 1.165) is 16.7 Å². The second-order valence-electron chi connectivity index (χ2n) is 4.42. The van der Waals surface area contributed by atoms with E-state index < -0.39 is 6.10 Å². The smallest absolute Gasteiger partial charge is 0.128 e. The first-order valence-corrected chi connectivity index (χ1v) is 6.12. The van der Waals surface area contributed by atoms with Gasteiger partial charge in [-0.15, -0.1) is 0 Å². The van der Waals surface area contributed by atoms with Gasteiger partial charge in [0.1, 0.15) is 17.6 Å². The Balaban J connectivity index is 2.40. The Bertz CT molecular complexity index is 564. The van der Waals surface area contributed by atoms with Crippen LogP contribution in [0.1, 0.15) is 22.8 Å². The van der Waals surface area contributed by atoms with E-state index in [9.17, 15) is 5.11 Å². The van der Waals surface area contributed by atoms with Crippen LogP contribution < -0.4 is 9.47 Å². The fraction of sp³-hybridized carbons (Fsp3) is 0.250. The van der Waals surface area contributed by atoms with Crippen molar-refractivity contribution < 1.29 is 14.6 Å². The number of aliphatic hydroxyl groups excluding tert-OH is 1. The van der Waals surface area contributed by atoms with Crippen molar-refractivity contribution in [2.75, 3.05) is 14.2 Å². The number of rotatable bonds is 4. The number of benzene rings is 2. The predicted octanol–water partition coefficient (Wildman–Crippen LogP) is 3.09. The lowest BCUT2D eigenvalue weighted by Gasteiger charge is -2.16. The van der Waals surface area contributed by atoms with Gasteiger partial charge >= 0.3 is 0 Å². The van der Waals surface area contributed by atoms with Gasteiger partial charge in [-0.1, -0.05) is 29.8 Å². The first kappa shape index (κ1) is 13.4. The molecule has 0 fully saturated rings. The second kappa shape index (κ2) is 5.76. The van der Waals surface area contributed by atoms with Gasteiger partial charge in [-0.3, -0.25) is 0 Å². The summed E-state index contributed by atoms with van der Waals surface area (Å²) in [6, 6.07) is 13.2. The lowest BCUT2D eigenvalue weighted by molar-refractivity contribution is 0.214. The largest absolute Gasteiger partial charge is 0.497 e. The molecule has 2 aromatic carbocycles. The van der Waals surface area contributed by atoms with Gasteiger partial charge in [-0.05, 0) is 24.6 Å². The molecule has 19 heavy (non-hydrogen) atoms. The highest BCUT2D eigenvalue weighted by molar-refractivity contribution is 5.45. The van der Waals surface area contributed by atoms with Crippen molar-refractivity contribution in [3.05, 3.63) is 59.2 Å². The van der Waals surface area contributed by atoms with E-state index in [1.54, 1.807) is 20.3 Å². The Morgan fingerprint density at radius 2 is 1.79 bits per heavy atom. The highest BCUT2D eigenvalue weighted by atomic mass is 16.5. The summed E-state index contributed by atoms with van der Waals surface area (Å²) in [5, 5.41) is 10.5. The molecule has 2 aromatic rings. The summed E-state index contributed by atoms with van der Waals surface area (Å²) in [7, 11) is 3.19.